The van der Waals surface area contributed by atoms with Crippen LogP contribution in [0.3, 0.4) is 0 Å². The number of nitrogens with zero attached hydrogens (tertiary/aromatic N) is 2. The van der Waals surface area contributed by atoms with Crippen LogP contribution in [0, 0.1) is 0 Å². The summed E-state index contributed by atoms with van der Waals surface area (Å²) in [6.07, 6.45) is 5.71. The SMILES string of the molecule is CCNC1CCCN(C(CC)c2nccs2)C1. The molecule has 1 aromatic rings. The van der Waals surface area contributed by atoms with Crippen molar-refractivity contribution in [2.24, 2.45) is 0 Å². The fraction of sp³-hybridized carbons (Fsp3) is 0.769. The van der Waals surface area contributed by atoms with E-state index in [1.54, 1.807) is 11.3 Å². The lowest BCUT2D eigenvalue weighted by Crippen LogP contribution is -2.46. The first kappa shape index (κ1) is 13.0. The van der Waals surface area contributed by atoms with Gasteiger partial charge >= 0.3 is 0 Å². The summed E-state index contributed by atoms with van der Waals surface area (Å²) >= 11 is 1.79. The van der Waals surface area contributed by atoms with Crippen LogP contribution >= 0.6 is 11.3 Å². The van der Waals surface area contributed by atoms with Crippen molar-refractivity contribution in [2.75, 3.05) is 19.6 Å². The molecule has 1 N–H and O–H groups in total. The van der Waals surface area contributed by atoms with E-state index in [2.05, 4.69) is 34.4 Å². The lowest BCUT2D eigenvalue weighted by Gasteiger charge is -2.37. The molecule has 1 aromatic heterocycles. The fourth-order valence-corrected chi connectivity index (χ4v) is 3.59. The molecule has 0 radical (unpaired) electrons. The second-order valence-electron chi connectivity index (χ2n) is 4.69. The highest BCUT2D eigenvalue weighted by Gasteiger charge is 2.26. The van der Waals surface area contributed by atoms with E-state index < -0.39 is 0 Å². The summed E-state index contributed by atoms with van der Waals surface area (Å²) in [7, 11) is 0. The van der Waals surface area contributed by atoms with Crippen LogP contribution in [0.1, 0.15) is 44.2 Å². The Morgan fingerprint density at radius 1 is 1.59 bits per heavy atom. The minimum absolute atomic E-state index is 0.524. The van der Waals surface area contributed by atoms with Crippen molar-refractivity contribution in [3.8, 4) is 0 Å². The van der Waals surface area contributed by atoms with Gasteiger partial charge in [0.25, 0.3) is 0 Å². The maximum absolute atomic E-state index is 4.49. The molecule has 1 aliphatic rings. The van der Waals surface area contributed by atoms with Crippen LogP contribution in [0.5, 0.6) is 0 Å². The molecule has 1 fully saturated rings. The second-order valence-corrected chi connectivity index (χ2v) is 5.61. The minimum Gasteiger partial charge on any atom is -0.313 e. The van der Waals surface area contributed by atoms with Crippen LogP contribution in [-0.2, 0) is 0 Å². The molecular weight excluding hydrogens is 230 g/mol. The first-order valence-electron chi connectivity index (χ1n) is 6.72. The van der Waals surface area contributed by atoms with Crippen LogP contribution < -0.4 is 5.32 Å². The van der Waals surface area contributed by atoms with Gasteiger partial charge in [0, 0.05) is 24.2 Å². The van der Waals surface area contributed by atoms with Gasteiger partial charge in [-0.3, -0.25) is 4.90 Å². The molecule has 0 spiro atoms. The number of thiazole rings is 1. The molecule has 2 unspecified atom stereocenters. The summed E-state index contributed by atoms with van der Waals surface area (Å²) in [5.74, 6) is 0. The summed E-state index contributed by atoms with van der Waals surface area (Å²) in [5, 5.41) is 6.95. The van der Waals surface area contributed by atoms with E-state index in [0.29, 0.717) is 12.1 Å². The predicted molar refractivity (Wildman–Crippen MR) is 73.4 cm³/mol. The van der Waals surface area contributed by atoms with Crippen molar-refractivity contribution < 1.29 is 0 Å². The predicted octanol–water partition coefficient (Wildman–Crippen LogP) is 2.67. The minimum atomic E-state index is 0.524. The number of piperidine rings is 1. The summed E-state index contributed by atoms with van der Waals surface area (Å²) in [4.78, 5) is 7.10. The topological polar surface area (TPSA) is 28.2 Å². The lowest BCUT2D eigenvalue weighted by molar-refractivity contribution is 0.134. The first-order chi connectivity index (χ1) is 8.35. The average molecular weight is 253 g/mol. The smallest absolute Gasteiger partial charge is 0.110 e. The van der Waals surface area contributed by atoms with Gasteiger partial charge in [-0.05, 0) is 32.4 Å². The molecule has 0 aliphatic carbocycles. The maximum atomic E-state index is 4.49. The Balaban J connectivity index is 1.99. The van der Waals surface area contributed by atoms with E-state index in [0.717, 1.165) is 13.0 Å². The van der Waals surface area contributed by atoms with E-state index in [4.69, 9.17) is 0 Å². The summed E-state index contributed by atoms with van der Waals surface area (Å²) in [6, 6.07) is 1.19. The van der Waals surface area contributed by atoms with Crippen LogP contribution in [0.2, 0.25) is 0 Å². The Bertz CT molecular complexity index is 310. The zero-order valence-electron chi connectivity index (χ0n) is 10.9. The van der Waals surface area contributed by atoms with Gasteiger partial charge in [-0.1, -0.05) is 13.8 Å². The highest BCUT2D eigenvalue weighted by molar-refractivity contribution is 7.09. The van der Waals surface area contributed by atoms with Gasteiger partial charge in [0.1, 0.15) is 5.01 Å². The number of nitrogens with one attached hydrogen (secondary N) is 1. The van der Waals surface area contributed by atoms with Gasteiger partial charge in [-0.25, -0.2) is 4.98 Å². The summed E-state index contributed by atoms with van der Waals surface area (Å²) < 4.78 is 0. The molecule has 2 rings (SSSR count). The van der Waals surface area contributed by atoms with Crippen molar-refractivity contribution in [1.29, 1.82) is 0 Å². The Hall–Kier alpha value is -0.450. The molecule has 2 heterocycles. The molecule has 1 aliphatic heterocycles. The van der Waals surface area contributed by atoms with Crippen LogP contribution in [0.15, 0.2) is 11.6 Å². The maximum Gasteiger partial charge on any atom is 0.110 e. The molecule has 0 amide bonds. The zero-order chi connectivity index (χ0) is 12.1. The number of hydrogen-bond acceptors (Lipinski definition) is 4. The molecule has 17 heavy (non-hydrogen) atoms. The molecule has 1 saturated heterocycles. The fourth-order valence-electron chi connectivity index (χ4n) is 2.73. The Kier molecular flexibility index (Phi) is 4.95. The van der Waals surface area contributed by atoms with Gasteiger partial charge in [-0.2, -0.15) is 0 Å². The number of aromatic nitrogens is 1. The van der Waals surface area contributed by atoms with Crippen molar-refractivity contribution >= 4 is 11.3 Å². The number of likely N-dealkylation sites (tertiary alicyclic amines) is 1. The van der Waals surface area contributed by atoms with Gasteiger partial charge in [0.15, 0.2) is 0 Å². The van der Waals surface area contributed by atoms with Gasteiger partial charge in [-0.15, -0.1) is 11.3 Å². The number of rotatable bonds is 5. The third-order valence-corrected chi connectivity index (χ3v) is 4.39. The number of likely N-dealkylation sites (N-methyl/N-ethyl adjacent to an activating group) is 1. The molecule has 2 atom stereocenters. The molecular formula is C13H23N3S. The van der Waals surface area contributed by atoms with E-state index in [1.165, 1.54) is 30.9 Å². The van der Waals surface area contributed by atoms with Crippen molar-refractivity contribution in [3.63, 3.8) is 0 Å². The molecule has 0 saturated carbocycles. The van der Waals surface area contributed by atoms with E-state index in [9.17, 15) is 0 Å². The van der Waals surface area contributed by atoms with Crippen molar-refractivity contribution in [3.05, 3.63) is 16.6 Å². The van der Waals surface area contributed by atoms with Crippen LogP contribution in [0.25, 0.3) is 0 Å². The largest absolute Gasteiger partial charge is 0.313 e. The highest BCUT2D eigenvalue weighted by Crippen LogP contribution is 2.28. The second kappa shape index (κ2) is 6.47. The molecule has 0 bridgehead atoms. The van der Waals surface area contributed by atoms with E-state index >= 15 is 0 Å². The molecule has 0 aromatic carbocycles. The Morgan fingerprint density at radius 2 is 2.47 bits per heavy atom. The molecule has 4 heteroatoms. The van der Waals surface area contributed by atoms with E-state index in [1.807, 2.05) is 6.20 Å². The zero-order valence-corrected chi connectivity index (χ0v) is 11.7. The monoisotopic (exact) mass is 253 g/mol. The standard InChI is InChI=1S/C13H23N3S/c1-3-12(13-15-7-9-17-13)16-8-5-6-11(10-16)14-4-2/h7,9,11-12,14H,3-6,8,10H2,1-2H3. The summed E-state index contributed by atoms with van der Waals surface area (Å²) in [6.45, 7) is 7.93. The van der Waals surface area contributed by atoms with Crippen LogP contribution in [0.4, 0.5) is 0 Å². The van der Waals surface area contributed by atoms with E-state index in [-0.39, 0.29) is 0 Å². The summed E-state index contributed by atoms with van der Waals surface area (Å²) in [5.41, 5.74) is 0. The van der Waals surface area contributed by atoms with Crippen LogP contribution in [-0.4, -0.2) is 35.6 Å². The lowest BCUT2D eigenvalue weighted by atomic mass is 10.0. The number of hydrogen-bond donors (Lipinski definition) is 1. The first-order valence-corrected chi connectivity index (χ1v) is 7.60. The Labute approximate surface area is 108 Å². The molecule has 3 nitrogen and oxygen atoms in total. The van der Waals surface area contributed by atoms with Gasteiger partial charge in [0.2, 0.25) is 0 Å². The highest BCUT2D eigenvalue weighted by atomic mass is 32.1. The van der Waals surface area contributed by atoms with Crippen molar-refractivity contribution in [1.82, 2.24) is 15.2 Å². The van der Waals surface area contributed by atoms with Crippen molar-refractivity contribution in [2.45, 2.75) is 45.2 Å². The molecule has 96 valence electrons. The average Bonchev–Trinajstić information content (AvgIpc) is 2.85. The Morgan fingerprint density at radius 3 is 3.12 bits per heavy atom. The third kappa shape index (κ3) is 3.27. The van der Waals surface area contributed by atoms with Gasteiger partial charge < -0.3 is 5.32 Å². The van der Waals surface area contributed by atoms with Gasteiger partial charge in [0.05, 0.1) is 6.04 Å². The third-order valence-electron chi connectivity index (χ3n) is 3.51. The quantitative estimate of drug-likeness (QED) is 0.874. The normalized spacial score (nSPS) is 23.8.